The van der Waals surface area contributed by atoms with Crippen molar-refractivity contribution in [2.75, 3.05) is 31.7 Å². The number of nitrogen functional groups attached to an aromatic ring is 1. The van der Waals surface area contributed by atoms with Gasteiger partial charge in [-0.15, -0.1) is 0 Å². The Kier molecular flexibility index (Phi) is 15.1. The highest BCUT2D eigenvalue weighted by Gasteiger charge is 2.43. The van der Waals surface area contributed by atoms with Gasteiger partial charge in [-0.05, 0) is 56.2 Å². The van der Waals surface area contributed by atoms with Crippen LogP contribution in [0.5, 0.6) is 0 Å². The van der Waals surface area contributed by atoms with E-state index >= 15 is 0 Å². The fourth-order valence-corrected chi connectivity index (χ4v) is 5.25. The molecule has 6 nitrogen and oxygen atoms in total. The van der Waals surface area contributed by atoms with Crippen molar-refractivity contribution in [3.8, 4) is 0 Å². The lowest BCUT2D eigenvalue weighted by atomic mass is 9.92. The maximum absolute atomic E-state index is 10.4. The van der Waals surface area contributed by atoms with E-state index in [1.165, 1.54) is 82.9 Å². The van der Waals surface area contributed by atoms with Crippen molar-refractivity contribution in [3.63, 3.8) is 0 Å². The molecule has 2 rings (SSSR count). The third kappa shape index (κ3) is 12.7. The molecule has 2 aromatic carbocycles. The molecule has 0 aliphatic heterocycles. The van der Waals surface area contributed by atoms with Crippen molar-refractivity contribution in [2.24, 2.45) is 5.92 Å². The standard InChI is InChI=1S/C25H48N3.C7H8O3S/c1-7-8-9-10-11-12-13-14-15-16-21-28(5,6)25(4,22(2)3)27-24-19-17-23(26)18-20-24;1-6-2-4-7(5-3-6)11(8,9)10/h17-20,22,27H,7-16,21,26H2,1-6H3;2-5H,1H3,(H,8,9,10)/q+1;/p-1. The van der Waals surface area contributed by atoms with Gasteiger partial charge in [0.1, 0.15) is 10.1 Å². The minimum Gasteiger partial charge on any atom is -0.744 e. The Morgan fingerprint density at radius 1 is 0.846 bits per heavy atom. The Labute approximate surface area is 239 Å². The van der Waals surface area contributed by atoms with Crippen molar-refractivity contribution in [3.05, 3.63) is 54.1 Å². The summed E-state index contributed by atoms with van der Waals surface area (Å²) in [5.41, 5.74) is 8.73. The van der Waals surface area contributed by atoms with Gasteiger partial charge in [-0.25, -0.2) is 8.42 Å². The smallest absolute Gasteiger partial charge is 0.171 e. The molecule has 2 aromatic rings. The second kappa shape index (κ2) is 16.9. The number of nitrogens with two attached hydrogens (primary N) is 1. The van der Waals surface area contributed by atoms with E-state index in [0.717, 1.165) is 21.4 Å². The number of quaternary nitrogens is 1. The summed E-state index contributed by atoms with van der Waals surface area (Å²) in [5, 5.41) is 3.82. The lowest BCUT2D eigenvalue weighted by Gasteiger charge is -2.50. The zero-order valence-corrected chi connectivity index (χ0v) is 26.4. The molecule has 0 amide bonds. The molecule has 0 heterocycles. The van der Waals surface area contributed by atoms with Crippen LogP contribution < -0.4 is 11.1 Å². The number of nitrogens with one attached hydrogen (secondary N) is 1. The van der Waals surface area contributed by atoms with Crippen LogP contribution in [0.3, 0.4) is 0 Å². The molecule has 3 N–H and O–H groups in total. The van der Waals surface area contributed by atoms with Crippen LogP contribution in [-0.4, -0.2) is 43.8 Å². The Morgan fingerprint density at radius 2 is 1.31 bits per heavy atom. The lowest BCUT2D eigenvalue weighted by Crippen LogP contribution is -2.65. The van der Waals surface area contributed by atoms with E-state index in [4.69, 9.17) is 5.73 Å². The minimum atomic E-state index is -4.27. The van der Waals surface area contributed by atoms with Gasteiger partial charge in [0.15, 0.2) is 5.66 Å². The van der Waals surface area contributed by atoms with E-state index in [0.29, 0.717) is 5.92 Å². The van der Waals surface area contributed by atoms with Gasteiger partial charge in [0, 0.05) is 24.2 Å². The van der Waals surface area contributed by atoms with Crippen molar-refractivity contribution in [1.29, 1.82) is 0 Å². The third-order valence-electron chi connectivity index (χ3n) is 8.07. The van der Waals surface area contributed by atoms with Gasteiger partial charge in [0.2, 0.25) is 0 Å². The average molecular weight is 562 g/mol. The lowest BCUT2D eigenvalue weighted by molar-refractivity contribution is -0.940. The van der Waals surface area contributed by atoms with Crippen LogP contribution in [0.15, 0.2) is 53.4 Å². The van der Waals surface area contributed by atoms with Crippen LogP contribution in [0.1, 0.15) is 97.5 Å². The summed E-state index contributed by atoms with van der Waals surface area (Å²) >= 11 is 0. The highest BCUT2D eigenvalue weighted by atomic mass is 32.2. The van der Waals surface area contributed by atoms with Crippen LogP contribution >= 0.6 is 0 Å². The van der Waals surface area contributed by atoms with Gasteiger partial charge < -0.3 is 20.1 Å². The quantitative estimate of drug-likeness (QED) is 0.0713. The summed E-state index contributed by atoms with van der Waals surface area (Å²) in [7, 11) is 0.477. The van der Waals surface area contributed by atoms with E-state index in [9.17, 15) is 13.0 Å². The number of rotatable bonds is 16. The van der Waals surface area contributed by atoms with Gasteiger partial charge in [-0.1, -0.05) is 89.8 Å². The van der Waals surface area contributed by atoms with E-state index in [-0.39, 0.29) is 10.6 Å². The first-order valence-corrected chi connectivity index (χ1v) is 16.1. The Balaban J connectivity index is 0.000000573. The van der Waals surface area contributed by atoms with E-state index in [2.05, 4.69) is 59.2 Å². The molecule has 1 atom stereocenters. The number of hydrogen-bond donors (Lipinski definition) is 2. The van der Waals surface area contributed by atoms with Crippen LogP contribution in [0.4, 0.5) is 11.4 Å². The Morgan fingerprint density at radius 3 is 1.74 bits per heavy atom. The summed E-state index contributed by atoms with van der Waals surface area (Å²) in [6, 6.07) is 13.9. The molecule has 222 valence electrons. The predicted molar refractivity (Wildman–Crippen MR) is 166 cm³/mol. The molecular weight excluding hydrogens is 506 g/mol. The first-order chi connectivity index (χ1) is 18.2. The molecular formula is C32H55N3O3S. The first kappa shape index (κ1) is 34.9. The van der Waals surface area contributed by atoms with Crippen LogP contribution in [0.2, 0.25) is 0 Å². The number of aryl methyl sites for hydroxylation is 1. The fourth-order valence-electron chi connectivity index (χ4n) is 4.79. The summed E-state index contributed by atoms with van der Waals surface area (Å²) in [5.74, 6) is 0.517. The summed E-state index contributed by atoms with van der Waals surface area (Å²) in [6.07, 6.45) is 13.9. The van der Waals surface area contributed by atoms with Crippen LogP contribution in [0.25, 0.3) is 0 Å². The average Bonchev–Trinajstić information content (AvgIpc) is 2.86. The van der Waals surface area contributed by atoms with Gasteiger partial charge >= 0.3 is 0 Å². The van der Waals surface area contributed by atoms with Gasteiger partial charge in [0.25, 0.3) is 0 Å². The number of unbranched alkanes of at least 4 members (excludes halogenated alkanes) is 9. The third-order valence-corrected chi connectivity index (χ3v) is 8.92. The zero-order chi connectivity index (χ0) is 29.5. The highest BCUT2D eigenvalue weighted by molar-refractivity contribution is 7.85. The number of nitrogens with zero attached hydrogens (tertiary/aromatic N) is 1. The number of anilines is 2. The van der Waals surface area contributed by atoms with E-state index in [1.54, 1.807) is 12.1 Å². The SMILES string of the molecule is CCCCCCCCCCCC[N+](C)(C)C(C)(Nc1ccc(N)cc1)C(C)C.Cc1ccc(S(=O)(=O)[O-])cc1. The zero-order valence-electron chi connectivity index (χ0n) is 25.6. The molecule has 0 saturated carbocycles. The largest absolute Gasteiger partial charge is 0.744 e. The van der Waals surface area contributed by atoms with Crippen LogP contribution in [0, 0.1) is 12.8 Å². The van der Waals surface area contributed by atoms with Gasteiger partial charge in [-0.3, -0.25) is 0 Å². The Hall–Kier alpha value is -2.09. The van der Waals surface area contributed by atoms with Crippen molar-refractivity contribution in [2.45, 2.75) is 109 Å². The van der Waals surface area contributed by atoms with Gasteiger partial charge in [0.05, 0.1) is 25.5 Å². The van der Waals surface area contributed by atoms with Crippen molar-refractivity contribution in [1.82, 2.24) is 0 Å². The molecule has 7 heteroatoms. The fraction of sp³-hybridized carbons (Fsp3) is 0.625. The molecule has 39 heavy (non-hydrogen) atoms. The molecule has 0 radical (unpaired) electrons. The predicted octanol–water partition coefficient (Wildman–Crippen LogP) is 7.95. The van der Waals surface area contributed by atoms with E-state index in [1.807, 2.05) is 19.1 Å². The molecule has 1 unspecified atom stereocenters. The second-order valence-electron chi connectivity index (χ2n) is 11.9. The molecule has 0 saturated heterocycles. The summed E-state index contributed by atoms with van der Waals surface area (Å²) in [4.78, 5) is -0.178. The minimum absolute atomic E-state index is 0.0185. The molecule has 0 bridgehead atoms. The molecule has 0 aromatic heterocycles. The van der Waals surface area contributed by atoms with Crippen molar-refractivity contribution < 1.29 is 17.5 Å². The van der Waals surface area contributed by atoms with Crippen LogP contribution in [-0.2, 0) is 10.1 Å². The molecule has 0 aliphatic carbocycles. The normalized spacial score (nSPS) is 13.5. The molecule has 0 aliphatic rings. The summed E-state index contributed by atoms with van der Waals surface area (Å²) < 4.78 is 32.1. The maximum Gasteiger partial charge on any atom is 0.171 e. The second-order valence-corrected chi connectivity index (χ2v) is 13.3. The van der Waals surface area contributed by atoms with Crippen molar-refractivity contribution >= 4 is 21.5 Å². The molecule has 0 fully saturated rings. The topological polar surface area (TPSA) is 95.2 Å². The summed E-state index contributed by atoms with van der Waals surface area (Å²) in [6.45, 7) is 12.3. The highest BCUT2D eigenvalue weighted by Crippen LogP contribution is 2.31. The number of hydrogen-bond acceptors (Lipinski definition) is 5. The first-order valence-electron chi connectivity index (χ1n) is 14.7. The van der Waals surface area contributed by atoms with Gasteiger partial charge in [-0.2, -0.15) is 0 Å². The molecule has 0 spiro atoms. The maximum atomic E-state index is 10.4. The Bertz CT molecular complexity index is 1040. The monoisotopic (exact) mass is 561 g/mol. The van der Waals surface area contributed by atoms with E-state index < -0.39 is 10.1 Å². The number of benzene rings is 2.